The lowest BCUT2D eigenvalue weighted by Crippen LogP contribution is -2.36. The molecule has 4 aromatic rings. The van der Waals surface area contributed by atoms with Crippen molar-refractivity contribution < 1.29 is 18.3 Å². The number of fused-ring (bicyclic) bond motifs is 2. The summed E-state index contributed by atoms with van der Waals surface area (Å²) in [5.41, 5.74) is 2.69. The minimum absolute atomic E-state index is 0.0302. The van der Waals surface area contributed by atoms with E-state index in [1.807, 2.05) is 19.1 Å². The van der Waals surface area contributed by atoms with Gasteiger partial charge in [-0.3, -0.25) is 9.78 Å². The molecule has 0 saturated carbocycles. The van der Waals surface area contributed by atoms with Gasteiger partial charge in [0.2, 0.25) is 0 Å². The molecule has 0 fully saturated rings. The Morgan fingerprint density at radius 2 is 2.03 bits per heavy atom. The van der Waals surface area contributed by atoms with Gasteiger partial charge in [-0.15, -0.1) is 0 Å². The molecule has 31 heavy (non-hydrogen) atoms. The maximum absolute atomic E-state index is 14.4. The molecule has 1 aromatic carbocycles. The molecule has 0 aliphatic carbocycles. The van der Waals surface area contributed by atoms with Crippen LogP contribution in [0.3, 0.4) is 0 Å². The number of carbonyl (C=O) groups excluding carboxylic acids is 1. The highest BCUT2D eigenvalue weighted by Gasteiger charge is 2.31. The molecule has 0 radical (unpaired) electrons. The monoisotopic (exact) mass is 420 g/mol. The highest BCUT2D eigenvalue weighted by molar-refractivity contribution is 5.95. The van der Waals surface area contributed by atoms with Gasteiger partial charge in [-0.2, -0.15) is 0 Å². The highest BCUT2D eigenvalue weighted by Crippen LogP contribution is 2.37. The molecule has 1 aliphatic heterocycles. The molecule has 1 aliphatic rings. The molecule has 156 valence electrons. The number of hydrogen-bond donors (Lipinski definition) is 2. The first-order valence-electron chi connectivity index (χ1n) is 9.85. The molecule has 0 spiro atoms. The molecule has 0 saturated heterocycles. The van der Waals surface area contributed by atoms with Crippen molar-refractivity contribution in [1.82, 2.24) is 20.3 Å². The Kier molecular flexibility index (Phi) is 4.62. The van der Waals surface area contributed by atoms with E-state index in [4.69, 9.17) is 4.74 Å². The fraction of sp³-hybridized carbons (Fsp3) is 0.174. The summed E-state index contributed by atoms with van der Waals surface area (Å²) in [6, 6.07) is 8.87. The fourth-order valence-corrected chi connectivity index (χ4v) is 3.94. The van der Waals surface area contributed by atoms with Crippen LogP contribution < -0.4 is 10.1 Å². The van der Waals surface area contributed by atoms with E-state index in [0.29, 0.717) is 17.7 Å². The lowest BCUT2D eigenvalue weighted by atomic mass is 9.96. The molecule has 0 bridgehead atoms. The molecule has 1 amide bonds. The lowest BCUT2D eigenvalue weighted by molar-refractivity contribution is 0.0903. The Bertz CT molecular complexity index is 1290. The van der Waals surface area contributed by atoms with Gasteiger partial charge in [-0.1, -0.05) is 0 Å². The average molecular weight is 420 g/mol. The van der Waals surface area contributed by atoms with Crippen LogP contribution in [0.4, 0.5) is 8.78 Å². The number of aromatic amines is 1. The first-order chi connectivity index (χ1) is 15.0. The minimum atomic E-state index is -1.00. The molecule has 1 unspecified atom stereocenters. The van der Waals surface area contributed by atoms with E-state index >= 15 is 0 Å². The van der Waals surface area contributed by atoms with E-state index in [9.17, 15) is 13.6 Å². The van der Waals surface area contributed by atoms with Crippen LogP contribution in [-0.4, -0.2) is 27.0 Å². The van der Waals surface area contributed by atoms with Crippen molar-refractivity contribution in [2.24, 2.45) is 0 Å². The molecule has 6 nitrogen and oxygen atoms in total. The highest BCUT2D eigenvalue weighted by atomic mass is 19.2. The van der Waals surface area contributed by atoms with Gasteiger partial charge in [0.1, 0.15) is 11.4 Å². The zero-order valence-corrected chi connectivity index (χ0v) is 16.5. The fourth-order valence-electron chi connectivity index (χ4n) is 3.94. The molecule has 8 heteroatoms. The van der Waals surface area contributed by atoms with Crippen molar-refractivity contribution in [3.8, 4) is 17.0 Å². The molecule has 2 atom stereocenters. The minimum Gasteiger partial charge on any atom is -0.490 e. The molecule has 3 aromatic heterocycles. The van der Waals surface area contributed by atoms with E-state index < -0.39 is 23.6 Å². The number of aromatic nitrogens is 3. The van der Waals surface area contributed by atoms with Gasteiger partial charge in [0.15, 0.2) is 11.6 Å². The molecule has 5 rings (SSSR count). The predicted octanol–water partition coefficient (Wildman–Crippen LogP) is 4.55. The Morgan fingerprint density at radius 3 is 2.84 bits per heavy atom. The predicted molar refractivity (Wildman–Crippen MR) is 111 cm³/mol. The van der Waals surface area contributed by atoms with Crippen LogP contribution in [0.2, 0.25) is 0 Å². The Morgan fingerprint density at radius 1 is 1.16 bits per heavy atom. The second kappa shape index (κ2) is 7.46. The third kappa shape index (κ3) is 3.39. The van der Waals surface area contributed by atoms with Crippen molar-refractivity contribution in [2.45, 2.75) is 25.5 Å². The smallest absolute Gasteiger partial charge is 0.253 e. The van der Waals surface area contributed by atoms with Crippen molar-refractivity contribution in [3.63, 3.8) is 0 Å². The second-order valence-corrected chi connectivity index (χ2v) is 7.49. The number of carbonyl (C=O) groups is 1. The number of nitrogens with one attached hydrogen (secondary N) is 2. The molecular formula is C23H18F2N4O2. The van der Waals surface area contributed by atoms with Gasteiger partial charge in [0.25, 0.3) is 5.91 Å². The van der Waals surface area contributed by atoms with Crippen LogP contribution in [0.25, 0.3) is 22.3 Å². The normalized spacial score (nSPS) is 17.8. The quantitative estimate of drug-likeness (QED) is 0.510. The largest absolute Gasteiger partial charge is 0.490 e. The van der Waals surface area contributed by atoms with Gasteiger partial charge < -0.3 is 15.0 Å². The number of benzene rings is 1. The van der Waals surface area contributed by atoms with Crippen LogP contribution in [0.5, 0.6) is 5.75 Å². The van der Waals surface area contributed by atoms with Crippen molar-refractivity contribution >= 4 is 16.9 Å². The Labute approximate surface area is 176 Å². The van der Waals surface area contributed by atoms with Gasteiger partial charge in [-0.05, 0) is 43.3 Å². The number of H-pyrrole nitrogens is 1. The first-order valence-corrected chi connectivity index (χ1v) is 9.85. The summed E-state index contributed by atoms with van der Waals surface area (Å²) in [6.07, 6.45) is 5.03. The topological polar surface area (TPSA) is 79.9 Å². The van der Waals surface area contributed by atoms with Crippen molar-refractivity contribution in [1.29, 1.82) is 0 Å². The Balaban J connectivity index is 1.41. The number of hydrogen-bond acceptors (Lipinski definition) is 4. The molecular weight excluding hydrogens is 402 g/mol. The summed E-state index contributed by atoms with van der Waals surface area (Å²) in [5.74, 6) is -2.16. The maximum Gasteiger partial charge on any atom is 0.253 e. The van der Waals surface area contributed by atoms with Crippen LogP contribution in [0, 0.1) is 11.6 Å². The summed E-state index contributed by atoms with van der Waals surface area (Å²) in [4.78, 5) is 24.6. The summed E-state index contributed by atoms with van der Waals surface area (Å²) in [6.45, 7) is 1.82. The lowest BCUT2D eigenvalue weighted by Gasteiger charge is -2.31. The number of nitrogens with zero attached hydrogens (tertiary/aromatic N) is 2. The second-order valence-electron chi connectivity index (χ2n) is 7.49. The number of amides is 1. The van der Waals surface area contributed by atoms with E-state index in [1.54, 1.807) is 24.5 Å². The Hall–Kier alpha value is -3.81. The third-order valence-corrected chi connectivity index (χ3v) is 5.40. The van der Waals surface area contributed by atoms with E-state index in [-0.39, 0.29) is 17.4 Å². The zero-order valence-electron chi connectivity index (χ0n) is 16.5. The van der Waals surface area contributed by atoms with Crippen LogP contribution >= 0.6 is 0 Å². The van der Waals surface area contributed by atoms with Gasteiger partial charge in [0.05, 0.1) is 29.0 Å². The van der Waals surface area contributed by atoms with Gasteiger partial charge >= 0.3 is 0 Å². The summed E-state index contributed by atoms with van der Waals surface area (Å²) < 4.78 is 33.8. The number of halogens is 2. The summed E-state index contributed by atoms with van der Waals surface area (Å²) in [5, 5.41) is 3.72. The zero-order chi connectivity index (χ0) is 21.5. The van der Waals surface area contributed by atoms with Gasteiger partial charge in [0, 0.05) is 36.0 Å². The average Bonchev–Trinajstić information content (AvgIpc) is 3.25. The molecule has 4 heterocycles. The molecule has 2 N–H and O–H groups in total. The summed E-state index contributed by atoms with van der Waals surface area (Å²) in [7, 11) is 0. The first kappa shape index (κ1) is 19.2. The van der Waals surface area contributed by atoms with Crippen LogP contribution in [-0.2, 0) is 0 Å². The standard InChI is InChI=1S/C23H18F2N4O2/c1-12-10-18(20-19(31-12)5-3-16(24)21(20)25)29-23(30)13-2-4-17(28-11-13)14-6-8-26-22-15(14)7-9-27-22/h2-9,11-12,18H,10H2,1H3,(H,26,27)(H,29,30)/t12-,18?/m0/s1. The maximum atomic E-state index is 14.4. The summed E-state index contributed by atoms with van der Waals surface area (Å²) >= 11 is 0. The van der Waals surface area contributed by atoms with Crippen molar-refractivity contribution in [2.75, 3.05) is 0 Å². The van der Waals surface area contributed by atoms with E-state index in [1.165, 1.54) is 12.3 Å². The SMILES string of the molecule is C[C@H]1CC(NC(=O)c2ccc(-c3ccnc4[nH]ccc34)nc2)c2c(ccc(F)c2F)O1. The third-order valence-electron chi connectivity index (χ3n) is 5.40. The van der Waals surface area contributed by atoms with Crippen LogP contribution in [0.15, 0.2) is 55.0 Å². The number of pyridine rings is 2. The van der Waals surface area contributed by atoms with Gasteiger partial charge in [-0.25, -0.2) is 13.8 Å². The van der Waals surface area contributed by atoms with Crippen molar-refractivity contribution in [3.05, 3.63) is 77.8 Å². The van der Waals surface area contributed by atoms with E-state index in [2.05, 4.69) is 20.3 Å². The number of rotatable bonds is 3. The van der Waals surface area contributed by atoms with Crippen LogP contribution in [0.1, 0.15) is 35.3 Å². The number of ether oxygens (including phenoxy) is 1. The van der Waals surface area contributed by atoms with E-state index in [0.717, 1.165) is 22.7 Å².